The molecule has 1 amide bonds. The van der Waals surface area contributed by atoms with Crippen molar-refractivity contribution < 1.29 is 4.79 Å². The molecule has 0 spiro atoms. The molecule has 0 fully saturated rings. The number of rotatable bonds is 3. The van der Waals surface area contributed by atoms with Crippen LogP contribution in [0.3, 0.4) is 0 Å². The Hall–Kier alpha value is -2.21. The molecule has 20 heavy (non-hydrogen) atoms. The lowest BCUT2D eigenvalue weighted by Gasteiger charge is -2.15. The van der Waals surface area contributed by atoms with Crippen molar-refractivity contribution in [3.05, 3.63) is 47.0 Å². The Labute approximate surface area is 117 Å². The van der Waals surface area contributed by atoms with E-state index in [0.29, 0.717) is 5.69 Å². The molecule has 1 N–H and O–H groups in total. The SMILES string of the molecule is CN(C)C(=O)c1n[nH]c2c1CN(Cc1ccncc1)C2. The lowest BCUT2D eigenvalue weighted by molar-refractivity contribution is 0.0820. The van der Waals surface area contributed by atoms with Gasteiger partial charge in [-0.2, -0.15) is 5.10 Å². The average molecular weight is 271 g/mol. The topological polar surface area (TPSA) is 65.1 Å². The summed E-state index contributed by atoms with van der Waals surface area (Å²) in [7, 11) is 3.49. The van der Waals surface area contributed by atoms with Crippen molar-refractivity contribution in [3.8, 4) is 0 Å². The average Bonchev–Trinajstić information content (AvgIpc) is 2.98. The number of hydrogen-bond donors (Lipinski definition) is 1. The van der Waals surface area contributed by atoms with Gasteiger partial charge < -0.3 is 4.90 Å². The first-order valence-electron chi connectivity index (χ1n) is 6.54. The number of nitrogens with zero attached hydrogens (tertiary/aromatic N) is 4. The summed E-state index contributed by atoms with van der Waals surface area (Å²) in [6, 6.07) is 4.02. The Morgan fingerprint density at radius 2 is 2.10 bits per heavy atom. The van der Waals surface area contributed by atoms with Crippen LogP contribution in [0.2, 0.25) is 0 Å². The van der Waals surface area contributed by atoms with Gasteiger partial charge in [0.05, 0.1) is 5.69 Å². The first kappa shape index (κ1) is 12.8. The van der Waals surface area contributed by atoms with E-state index in [1.807, 2.05) is 12.1 Å². The lowest BCUT2D eigenvalue weighted by atomic mass is 10.2. The van der Waals surface area contributed by atoms with Crippen molar-refractivity contribution in [1.29, 1.82) is 0 Å². The number of fused-ring (bicyclic) bond motifs is 1. The summed E-state index contributed by atoms with van der Waals surface area (Å²) in [4.78, 5) is 19.9. The van der Waals surface area contributed by atoms with Crippen LogP contribution in [0.1, 0.15) is 27.3 Å². The third-order valence-electron chi connectivity index (χ3n) is 3.48. The summed E-state index contributed by atoms with van der Waals surface area (Å²) in [5, 5.41) is 7.13. The highest BCUT2D eigenvalue weighted by Crippen LogP contribution is 2.25. The van der Waals surface area contributed by atoms with E-state index in [-0.39, 0.29) is 5.91 Å². The standard InChI is InChI=1S/C14H17N5O/c1-18(2)14(20)13-11-8-19(9-12(11)16-17-13)7-10-3-5-15-6-4-10/h3-6H,7-9H2,1-2H3,(H,16,17). The minimum Gasteiger partial charge on any atom is -0.343 e. The van der Waals surface area contributed by atoms with Crippen molar-refractivity contribution in [2.75, 3.05) is 14.1 Å². The summed E-state index contributed by atoms with van der Waals surface area (Å²) in [5.74, 6) is -0.0479. The van der Waals surface area contributed by atoms with Crippen LogP contribution >= 0.6 is 0 Å². The molecule has 0 saturated heterocycles. The van der Waals surface area contributed by atoms with Gasteiger partial charge >= 0.3 is 0 Å². The van der Waals surface area contributed by atoms with Gasteiger partial charge in [-0.05, 0) is 17.7 Å². The van der Waals surface area contributed by atoms with Gasteiger partial charge in [-0.15, -0.1) is 0 Å². The third-order valence-corrected chi connectivity index (χ3v) is 3.48. The molecule has 0 atom stereocenters. The maximum Gasteiger partial charge on any atom is 0.274 e. The van der Waals surface area contributed by atoms with Crippen molar-refractivity contribution in [2.45, 2.75) is 19.6 Å². The number of carbonyl (C=O) groups is 1. The second-order valence-corrected chi connectivity index (χ2v) is 5.23. The first-order chi connectivity index (χ1) is 9.65. The van der Waals surface area contributed by atoms with E-state index in [1.54, 1.807) is 31.4 Å². The van der Waals surface area contributed by atoms with E-state index in [1.165, 1.54) is 5.56 Å². The molecule has 3 rings (SSSR count). The normalized spacial score (nSPS) is 14.3. The van der Waals surface area contributed by atoms with E-state index >= 15 is 0 Å². The zero-order chi connectivity index (χ0) is 14.1. The maximum atomic E-state index is 12.0. The lowest BCUT2D eigenvalue weighted by Crippen LogP contribution is -2.24. The highest BCUT2D eigenvalue weighted by molar-refractivity contribution is 5.93. The molecular formula is C14H17N5O. The molecule has 2 aromatic rings. The van der Waals surface area contributed by atoms with Crippen LogP contribution < -0.4 is 0 Å². The molecule has 6 heteroatoms. The molecule has 0 radical (unpaired) electrons. The highest BCUT2D eigenvalue weighted by atomic mass is 16.2. The predicted octanol–water partition coefficient (Wildman–Crippen LogP) is 1.02. The number of pyridine rings is 1. The molecule has 3 heterocycles. The summed E-state index contributed by atoms with van der Waals surface area (Å²) in [6.07, 6.45) is 3.60. The Morgan fingerprint density at radius 1 is 1.35 bits per heavy atom. The molecule has 1 aliphatic rings. The fraction of sp³-hybridized carbons (Fsp3) is 0.357. The Morgan fingerprint density at radius 3 is 2.80 bits per heavy atom. The van der Waals surface area contributed by atoms with E-state index in [2.05, 4.69) is 20.1 Å². The summed E-state index contributed by atoms with van der Waals surface area (Å²) < 4.78 is 0. The molecule has 0 aliphatic carbocycles. The number of H-pyrrole nitrogens is 1. The molecule has 0 unspecified atom stereocenters. The van der Waals surface area contributed by atoms with E-state index in [4.69, 9.17) is 0 Å². The number of aromatic nitrogens is 3. The van der Waals surface area contributed by atoms with Gasteiger partial charge in [-0.3, -0.25) is 19.8 Å². The van der Waals surface area contributed by atoms with Gasteiger partial charge in [0, 0.05) is 51.7 Å². The quantitative estimate of drug-likeness (QED) is 0.905. The monoisotopic (exact) mass is 271 g/mol. The smallest absolute Gasteiger partial charge is 0.274 e. The van der Waals surface area contributed by atoms with Gasteiger partial charge in [0.1, 0.15) is 0 Å². The van der Waals surface area contributed by atoms with Gasteiger partial charge in [0.2, 0.25) is 0 Å². The summed E-state index contributed by atoms with van der Waals surface area (Å²) in [5.41, 5.74) is 3.84. The van der Waals surface area contributed by atoms with E-state index in [9.17, 15) is 4.79 Å². The molecular weight excluding hydrogens is 254 g/mol. The van der Waals surface area contributed by atoms with Crippen LogP contribution in [0.25, 0.3) is 0 Å². The third kappa shape index (κ3) is 2.30. The van der Waals surface area contributed by atoms with Crippen LogP contribution in [0.15, 0.2) is 24.5 Å². The van der Waals surface area contributed by atoms with Crippen LogP contribution in [0.5, 0.6) is 0 Å². The zero-order valence-corrected chi connectivity index (χ0v) is 11.6. The molecule has 0 saturated carbocycles. The Kier molecular flexibility index (Phi) is 3.23. The predicted molar refractivity (Wildman–Crippen MR) is 73.8 cm³/mol. The zero-order valence-electron chi connectivity index (χ0n) is 11.6. The summed E-state index contributed by atoms with van der Waals surface area (Å²) >= 11 is 0. The Bertz CT molecular complexity index is 620. The van der Waals surface area contributed by atoms with E-state index < -0.39 is 0 Å². The number of amides is 1. The minimum absolute atomic E-state index is 0.0479. The molecule has 2 aromatic heterocycles. The maximum absolute atomic E-state index is 12.0. The van der Waals surface area contributed by atoms with Crippen LogP contribution in [-0.4, -0.2) is 45.0 Å². The fourth-order valence-electron chi connectivity index (χ4n) is 2.45. The number of nitrogens with one attached hydrogen (secondary N) is 1. The van der Waals surface area contributed by atoms with Gasteiger partial charge in [0.15, 0.2) is 5.69 Å². The second-order valence-electron chi connectivity index (χ2n) is 5.23. The van der Waals surface area contributed by atoms with Crippen molar-refractivity contribution in [2.24, 2.45) is 0 Å². The second kappa shape index (κ2) is 5.05. The largest absolute Gasteiger partial charge is 0.343 e. The fourth-order valence-corrected chi connectivity index (χ4v) is 2.45. The van der Waals surface area contributed by atoms with Gasteiger partial charge in [0.25, 0.3) is 5.91 Å². The molecule has 6 nitrogen and oxygen atoms in total. The molecule has 0 aromatic carbocycles. The molecule has 104 valence electrons. The number of carbonyl (C=O) groups excluding carboxylic acids is 1. The van der Waals surface area contributed by atoms with Crippen molar-refractivity contribution >= 4 is 5.91 Å². The van der Waals surface area contributed by atoms with Crippen molar-refractivity contribution in [3.63, 3.8) is 0 Å². The highest BCUT2D eigenvalue weighted by Gasteiger charge is 2.28. The van der Waals surface area contributed by atoms with Crippen LogP contribution in [0.4, 0.5) is 0 Å². The molecule has 0 bridgehead atoms. The van der Waals surface area contributed by atoms with E-state index in [0.717, 1.165) is 30.9 Å². The van der Waals surface area contributed by atoms with Crippen LogP contribution in [-0.2, 0) is 19.6 Å². The van der Waals surface area contributed by atoms with Crippen LogP contribution in [0, 0.1) is 0 Å². The summed E-state index contributed by atoms with van der Waals surface area (Å²) in [6.45, 7) is 2.40. The molecule has 1 aliphatic heterocycles. The van der Waals surface area contributed by atoms with Gasteiger partial charge in [-0.1, -0.05) is 0 Å². The minimum atomic E-state index is -0.0479. The van der Waals surface area contributed by atoms with Gasteiger partial charge in [-0.25, -0.2) is 0 Å². The van der Waals surface area contributed by atoms with Crippen molar-refractivity contribution in [1.82, 2.24) is 25.0 Å². The number of aromatic amines is 1. The first-order valence-corrected chi connectivity index (χ1v) is 6.54. The Balaban J connectivity index is 1.75. The number of hydrogen-bond acceptors (Lipinski definition) is 4.